The largest absolute Gasteiger partial charge is 0.497 e. The predicted octanol–water partition coefficient (Wildman–Crippen LogP) is 5.77. The van der Waals surface area contributed by atoms with Crippen molar-refractivity contribution >= 4 is 11.1 Å². The lowest BCUT2D eigenvalue weighted by atomic mass is 9.91. The summed E-state index contributed by atoms with van der Waals surface area (Å²) in [5.41, 5.74) is 8.03. The smallest absolute Gasteiger partial charge is 0.118 e. The third-order valence-electron chi connectivity index (χ3n) is 4.86. The summed E-state index contributed by atoms with van der Waals surface area (Å²) in [6.45, 7) is 2.30. The summed E-state index contributed by atoms with van der Waals surface area (Å²) in [5, 5.41) is 0. The van der Waals surface area contributed by atoms with E-state index in [1.54, 1.807) is 7.11 Å². The topological polar surface area (TPSA) is 9.23 Å². The van der Waals surface area contributed by atoms with E-state index in [4.69, 9.17) is 4.74 Å². The van der Waals surface area contributed by atoms with E-state index in [-0.39, 0.29) is 0 Å². The zero-order valence-corrected chi connectivity index (χ0v) is 14.0. The van der Waals surface area contributed by atoms with E-state index in [9.17, 15) is 0 Å². The van der Waals surface area contributed by atoms with Gasteiger partial charge in [-0.25, -0.2) is 0 Å². The summed E-state index contributed by atoms with van der Waals surface area (Å²) < 4.78 is 5.32. The first-order valence-corrected chi connectivity index (χ1v) is 8.33. The molecule has 0 saturated carbocycles. The molecular formula is C23H20O. The van der Waals surface area contributed by atoms with Crippen molar-refractivity contribution in [2.24, 2.45) is 0 Å². The fraction of sp³-hybridized carbons (Fsp3) is 0.130. The third-order valence-corrected chi connectivity index (χ3v) is 4.86. The second-order valence-corrected chi connectivity index (χ2v) is 6.19. The number of hydrogen-bond donors (Lipinski definition) is 0. The first-order valence-electron chi connectivity index (χ1n) is 8.33. The summed E-state index contributed by atoms with van der Waals surface area (Å²) in [6, 6.07) is 27.9. The molecule has 0 fully saturated rings. The third kappa shape index (κ3) is 2.33. The van der Waals surface area contributed by atoms with E-state index in [1.807, 2.05) is 12.1 Å². The van der Waals surface area contributed by atoms with Crippen LogP contribution in [0.25, 0.3) is 11.1 Å². The van der Waals surface area contributed by atoms with E-state index >= 15 is 0 Å². The molecule has 3 aromatic carbocycles. The van der Waals surface area contributed by atoms with Crippen molar-refractivity contribution in [3.05, 3.63) is 101 Å². The summed E-state index contributed by atoms with van der Waals surface area (Å²) in [7, 11) is 1.70. The molecule has 1 nitrogen and oxygen atoms in total. The molecule has 0 amide bonds. The number of rotatable bonds is 3. The Bertz CT molecular complexity index is 889. The maximum atomic E-state index is 5.32. The van der Waals surface area contributed by atoms with Crippen molar-refractivity contribution in [2.75, 3.05) is 7.11 Å². The minimum atomic E-state index is 0.390. The van der Waals surface area contributed by atoms with E-state index in [1.165, 1.54) is 33.4 Å². The van der Waals surface area contributed by atoms with E-state index in [0.717, 1.165) is 5.75 Å². The van der Waals surface area contributed by atoms with Crippen LogP contribution in [0.5, 0.6) is 5.75 Å². The first-order chi connectivity index (χ1) is 11.8. The number of hydrogen-bond acceptors (Lipinski definition) is 1. The number of ether oxygens (including phenoxy) is 1. The highest BCUT2D eigenvalue weighted by molar-refractivity contribution is 6.05. The van der Waals surface area contributed by atoms with Gasteiger partial charge in [0.15, 0.2) is 0 Å². The highest BCUT2D eigenvalue weighted by Gasteiger charge is 2.29. The van der Waals surface area contributed by atoms with Gasteiger partial charge in [0.05, 0.1) is 7.11 Å². The van der Waals surface area contributed by atoms with Gasteiger partial charge in [0.1, 0.15) is 5.75 Å². The number of benzene rings is 3. The highest BCUT2D eigenvalue weighted by Crippen LogP contribution is 2.49. The lowest BCUT2D eigenvalue weighted by Gasteiger charge is -2.13. The van der Waals surface area contributed by atoms with Crippen LogP contribution in [0.2, 0.25) is 0 Å². The van der Waals surface area contributed by atoms with Crippen LogP contribution in [0.1, 0.15) is 35.1 Å². The zero-order chi connectivity index (χ0) is 16.5. The molecule has 0 bridgehead atoms. The van der Waals surface area contributed by atoms with Crippen molar-refractivity contribution < 1.29 is 4.74 Å². The molecule has 0 spiro atoms. The lowest BCUT2D eigenvalue weighted by molar-refractivity contribution is 0.415. The minimum absolute atomic E-state index is 0.390. The molecule has 1 unspecified atom stereocenters. The van der Waals surface area contributed by atoms with Gasteiger partial charge in [-0.15, -0.1) is 0 Å². The Morgan fingerprint density at radius 2 is 1.38 bits per heavy atom. The first kappa shape index (κ1) is 14.8. The zero-order valence-electron chi connectivity index (χ0n) is 14.0. The Kier molecular flexibility index (Phi) is 3.70. The van der Waals surface area contributed by atoms with Crippen molar-refractivity contribution in [3.8, 4) is 5.75 Å². The molecule has 0 aromatic heterocycles. The standard InChI is InChI=1S/C23H20O/c1-16-20-10-6-7-11-21(20)23(18-12-14-19(24-2)15-13-18)22(16)17-8-4-3-5-9-17/h3-16H,1-2H3. The van der Waals surface area contributed by atoms with E-state index in [0.29, 0.717) is 5.92 Å². The van der Waals surface area contributed by atoms with Gasteiger partial charge >= 0.3 is 0 Å². The highest BCUT2D eigenvalue weighted by atomic mass is 16.5. The van der Waals surface area contributed by atoms with Gasteiger partial charge in [-0.3, -0.25) is 0 Å². The van der Waals surface area contributed by atoms with Crippen LogP contribution in [0.15, 0.2) is 78.9 Å². The second kappa shape index (κ2) is 6.01. The van der Waals surface area contributed by atoms with Gasteiger partial charge in [0, 0.05) is 5.92 Å². The maximum Gasteiger partial charge on any atom is 0.118 e. The fourth-order valence-electron chi connectivity index (χ4n) is 3.70. The number of allylic oxidation sites excluding steroid dienone is 1. The molecule has 0 heterocycles. The SMILES string of the molecule is COc1ccc(C2=C(c3ccccc3)C(C)c3ccccc32)cc1. The van der Waals surface area contributed by atoms with Crippen LogP contribution < -0.4 is 4.74 Å². The van der Waals surface area contributed by atoms with Crippen molar-refractivity contribution in [1.82, 2.24) is 0 Å². The lowest BCUT2D eigenvalue weighted by Crippen LogP contribution is -1.93. The Labute approximate surface area is 143 Å². The molecule has 0 aliphatic heterocycles. The predicted molar refractivity (Wildman–Crippen MR) is 100 cm³/mol. The molecule has 0 N–H and O–H groups in total. The number of fused-ring (bicyclic) bond motifs is 1. The van der Waals surface area contributed by atoms with E-state index < -0.39 is 0 Å². The van der Waals surface area contributed by atoms with Crippen LogP contribution in [0, 0.1) is 0 Å². The molecule has 3 aromatic rings. The molecule has 118 valence electrons. The Morgan fingerprint density at radius 3 is 2.08 bits per heavy atom. The normalized spacial score (nSPS) is 16.2. The molecule has 1 aliphatic carbocycles. The fourth-order valence-corrected chi connectivity index (χ4v) is 3.70. The average molecular weight is 312 g/mol. The molecule has 0 saturated heterocycles. The molecule has 1 atom stereocenters. The second-order valence-electron chi connectivity index (χ2n) is 6.19. The van der Waals surface area contributed by atoms with Gasteiger partial charge in [0.25, 0.3) is 0 Å². The molecular weight excluding hydrogens is 292 g/mol. The molecule has 1 aliphatic rings. The summed E-state index contributed by atoms with van der Waals surface area (Å²) in [4.78, 5) is 0. The molecule has 0 radical (unpaired) electrons. The van der Waals surface area contributed by atoms with Crippen molar-refractivity contribution in [1.29, 1.82) is 0 Å². The quantitative estimate of drug-likeness (QED) is 0.596. The van der Waals surface area contributed by atoms with Gasteiger partial charge in [-0.05, 0) is 45.5 Å². The van der Waals surface area contributed by atoms with Crippen LogP contribution in [-0.2, 0) is 0 Å². The van der Waals surface area contributed by atoms with Crippen LogP contribution in [0.3, 0.4) is 0 Å². The van der Waals surface area contributed by atoms with Crippen LogP contribution >= 0.6 is 0 Å². The van der Waals surface area contributed by atoms with Crippen LogP contribution in [0.4, 0.5) is 0 Å². The van der Waals surface area contributed by atoms with Gasteiger partial charge < -0.3 is 4.74 Å². The average Bonchev–Trinajstić information content (AvgIpc) is 2.95. The van der Waals surface area contributed by atoms with E-state index in [2.05, 4.69) is 73.7 Å². The van der Waals surface area contributed by atoms with Crippen LogP contribution in [-0.4, -0.2) is 7.11 Å². The Hall–Kier alpha value is -2.80. The monoisotopic (exact) mass is 312 g/mol. The van der Waals surface area contributed by atoms with Gasteiger partial charge in [-0.1, -0.05) is 73.7 Å². The number of methoxy groups -OCH3 is 1. The maximum absolute atomic E-state index is 5.32. The van der Waals surface area contributed by atoms with Crippen molar-refractivity contribution in [2.45, 2.75) is 12.8 Å². The van der Waals surface area contributed by atoms with Crippen molar-refractivity contribution in [3.63, 3.8) is 0 Å². The minimum Gasteiger partial charge on any atom is -0.497 e. The summed E-state index contributed by atoms with van der Waals surface area (Å²) in [6.07, 6.45) is 0. The Balaban J connectivity index is 1.96. The summed E-state index contributed by atoms with van der Waals surface area (Å²) >= 11 is 0. The molecule has 1 heteroatoms. The van der Waals surface area contributed by atoms with Gasteiger partial charge in [0.2, 0.25) is 0 Å². The molecule has 4 rings (SSSR count). The Morgan fingerprint density at radius 1 is 0.708 bits per heavy atom. The molecule has 24 heavy (non-hydrogen) atoms. The summed E-state index contributed by atoms with van der Waals surface area (Å²) in [5.74, 6) is 1.28. The van der Waals surface area contributed by atoms with Gasteiger partial charge in [-0.2, -0.15) is 0 Å².